The number of carbonyl (C=O) groups is 3. The largest absolute Gasteiger partial charge is 0.462 e. The number of hydrogen-bond acceptors (Lipinski definition) is 6. The van der Waals surface area contributed by atoms with Crippen molar-refractivity contribution in [3.05, 3.63) is 72.9 Å². The molecule has 0 aliphatic rings. The Labute approximate surface area is 446 Å². The Bertz CT molecular complexity index is 1340. The first-order valence-electron chi connectivity index (χ1n) is 30.9. The van der Waals surface area contributed by atoms with Gasteiger partial charge < -0.3 is 14.2 Å². The summed E-state index contributed by atoms with van der Waals surface area (Å²) in [6, 6.07) is 0. The van der Waals surface area contributed by atoms with E-state index >= 15 is 0 Å². The van der Waals surface area contributed by atoms with E-state index in [4.69, 9.17) is 14.2 Å². The average molecular weight is 1010 g/mol. The summed E-state index contributed by atoms with van der Waals surface area (Å²) >= 11 is 0. The molecule has 0 saturated carbocycles. The monoisotopic (exact) mass is 1000 g/mol. The van der Waals surface area contributed by atoms with Crippen molar-refractivity contribution in [3.63, 3.8) is 0 Å². The van der Waals surface area contributed by atoms with E-state index in [0.29, 0.717) is 19.3 Å². The van der Waals surface area contributed by atoms with Crippen LogP contribution in [0.4, 0.5) is 0 Å². The molecule has 1 atom stereocenters. The zero-order valence-electron chi connectivity index (χ0n) is 47.7. The Balaban J connectivity index is 4.24. The highest BCUT2D eigenvalue weighted by Crippen LogP contribution is 2.16. The van der Waals surface area contributed by atoms with E-state index in [1.54, 1.807) is 0 Å². The summed E-state index contributed by atoms with van der Waals surface area (Å²) in [4.78, 5) is 38.2. The lowest BCUT2D eigenvalue weighted by Crippen LogP contribution is -2.30. The van der Waals surface area contributed by atoms with E-state index in [-0.39, 0.29) is 31.1 Å². The molecule has 0 fully saturated rings. The zero-order valence-corrected chi connectivity index (χ0v) is 47.7. The molecule has 0 aromatic heterocycles. The second-order valence-corrected chi connectivity index (χ2v) is 20.6. The number of unbranched alkanes of at least 4 members (excludes halogenated alkanes) is 33. The minimum absolute atomic E-state index is 0.0827. The fraction of sp³-hybridized carbons (Fsp3) is 0.773. The lowest BCUT2D eigenvalue weighted by atomic mass is 10.0. The third-order valence-electron chi connectivity index (χ3n) is 13.4. The number of ether oxygens (including phenoxy) is 3. The van der Waals surface area contributed by atoms with E-state index in [9.17, 15) is 14.4 Å². The third-order valence-corrected chi connectivity index (χ3v) is 13.4. The maximum Gasteiger partial charge on any atom is 0.306 e. The zero-order chi connectivity index (χ0) is 52.2. The van der Waals surface area contributed by atoms with Crippen LogP contribution in [0, 0.1) is 0 Å². The number of rotatable bonds is 56. The van der Waals surface area contributed by atoms with Gasteiger partial charge in [0.05, 0.1) is 0 Å². The Hall–Kier alpha value is -3.15. The number of hydrogen-bond donors (Lipinski definition) is 0. The fourth-order valence-corrected chi connectivity index (χ4v) is 8.79. The molecule has 0 saturated heterocycles. The summed E-state index contributed by atoms with van der Waals surface area (Å²) in [5.41, 5.74) is 0. The van der Waals surface area contributed by atoms with Gasteiger partial charge in [0.1, 0.15) is 13.2 Å². The topological polar surface area (TPSA) is 78.9 Å². The third kappa shape index (κ3) is 57.7. The van der Waals surface area contributed by atoms with Crippen LogP contribution in [-0.2, 0) is 28.6 Å². The molecule has 0 aromatic rings. The first kappa shape index (κ1) is 68.8. The van der Waals surface area contributed by atoms with Crippen LogP contribution in [0.15, 0.2) is 72.9 Å². The van der Waals surface area contributed by atoms with Crippen LogP contribution < -0.4 is 0 Å². The van der Waals surface area contributed by atoms with Gasteiger partial charge in [0.25, 0.3) is 0 Å². The average Bonchev–Trinajstić information content (AvgIpc) is 3.38. The van der Waals surface area contributed by atoms with Crippen LogP contribution in [0.5, 0.6) is 0 Å². The summed E-state index contributed by atoms with van der Waals surface area (Å²) < 4.78 is 16.9. The van der Waals surface area contributed by atoms with Crippen LogP contribution >= 0.6 is 0 Å². The summed E-state index contributed by atoms with van der Waals surface area (Å²) in [5, 5.41) is 0. The van der Waals surface area contributed by atoms with E-state index in [2.05, 4.69) is 93.7 Å². The Morgan fingerprint density at radius 2 is 0.569 bits per heavy atom. The molecule has 1 unspecified atom stereocenters. The predicted octanol–water partition coefficient (Wildman–Crippen LogP) is 20.9. The van der Waals surface area contributed by atoms with Crippen molar-refractivity contribution < 1.29 is 28.6 Å². The molecule has 0 bridgehead atoms. The summed E-state index contributed by atoms with van der Waals surface area (Å²) in [6.07, 6.45) is 77.7. The van der Waals surface area contributed by atoms with Crippen molar-refractivity contribution in [1.29, 1.82) is 0 Å². The minimum atomic E-state index is -0.786. The second kappa shape index (κ2) is 60.4. The van der Waals surface area contributed by atoms with E-state index in [0.717, 1.165) is 109 Å². The predicted molar refractivity (Wildman–Crippen MR) is 311 cm³/mol. The van der Waals surface area contributed by atoms with Crippen molar-refractivity contribution in [2.24, 2.45) is 0 Å². The van der Waals surface area contributed by atoms with Gasteiger partial charge in [-0.05, 0) is 103 Å². The lowest BCUT2D eigenvalue weighted by Gasteiger charge is -2.18. The summed E-state index contributed by atoms with van der Waals surface area (Å²) in [6.45, 7) is 6.47. The van der Waals surface area contributed by atoms with Crippen molar-refractivity contribution in [2.75, 3.05) is 13.2 Å². The highest BCUT2D eigenvalue weighted by molar-refractivity contribution is 5.71. The summed E-state index contributed by atoms with van der Waals surface area (Å²) in [5.74, 6) is -0.898. The van der Waals surface area contributed by atoms with E-state index in [1.165, 1.54) is 161 Å². The van der Waals surface area contributed by atoms with Gasteiger partial charge in [-0.3, -0.25) is 14.4 Å². The molecule has 0 aliphatic carbocycles. The van der Waals surface area contributed by atoms with Gasteiger partial charge in [0, 0.05) is 19.3 Å². The van der Waals surface area contributed by atoms with Crippen LogP contribution in [-0.4, -0.2) is 37.2 Å². The van der Waals surface area contributed by atoms with Crippen LogP contribution in [0.3, 0.4) is 0 Å². The fourth-order valence-electron chi connectivity index (χ4n) is 8.79. The molecule has 0 aliphatic heterocycles. The maximum absolute atomic E-state index is 12.9. The molecule has 0 heterocycles. The van der Waals surface area contributed by atoms with Gasteiger partial charge in [-0.2, -0.15) is 0 Å². The molecule has 0 rings (SSSR count). The normalized spacial score (nSPS) is 12.5. The lowest BCUT2D eigenvalue weighted by molar-refractivity contribution is -0.167. The Morgan fingerprint density at radius 3 is 0.917 bits per heavy atom. The first-order valence-corrected chi connectivity index (χ1v) is 30.9. The number of carbonyl (C=O) groups excluding carboxylic acids is 3. The molecule has 0 amide bonds. The molecular formula is C66H116O6. The minimum Gasteiger partial charge on any atom is -0.462 e. The van der Waals surface area contributed by atoms with Gasteiger partial charge in [0.15, 0.2) is 6.10 Å². The number of esters is 3. The SMILES string of the molecule is CC/C=C\C/C=C\C/C=C\C/C=C\CCCCCCCCC(=O)OC(COC(=O)CCCCCCC/C=C\CCC)COC(=O)CCCCCCCCCCCCCCC/C=C\CCCCCCCCCC. The Kier molecular flexibility index (Phi) is 57.8. The molecule has 0 N–H and O–H groups in total. The molecular weight excluding hydrogens is 889 g/mol. The van der Waals surface area contributed by atoms with Crippen molar-refractivity contribution >= 4 is 17.9 Å². The smallest absolute Gasteiger partial charge is 0.306 e. The molecule has 6 heteroatoms. The molecule has 0 aromatic carbocycles. The molecule has 6 nitrogen and oxygen atoms in total. The second-order valence-electron chi connectivity index (χ2n) is 20.6. The van der Waals surface area contributed by atoms with E-state index in [1.807, 2.05) is 0 Å². The standard InChI is InChI=1S/C66H116O6/c1-4-7-10-13-16-19-22-24-26-28-30-31-32-33-34-35-37-38-40-42-44-47-50-53-56-59-65(68)71-62-63(61-70-64(67)58-55-52-49-46-21-18-15-12-9-6-3)72-66(69)60-57-54-51-48-45-43-41-39-36-29-27-25-23-20-17-14-11-8-5-2/h8,11-12,15,17,20,25,27-28,30,36,39,63H,4-7,9-10,13-14,16,18-19,21-24,26,29,31-35,37-38,40-62H2,1-3H3/b11-8-,15-12-,20-17-,27-25-,30-28-,39-36-. The van der Waals surface area contributed by atoms with Crippen LogP contribution in [0.25, 0.3) is 0 Å². The van der Waals surface area contributed by atoms with Gasteiger partial charge in [0.2, 0.25) is 0 Å². The first-order chi connectivity index (χ1) is 35.5. The summed E-state index contributed by atoms with van der Waals surface area (Å²) in [7, 11) is 0. The Morgan fingerprint density at radius 1 is 0.292 bits per heavy atom. The number of allylic oxidation sites excluding steroid dienone is 12. The molecule has 0 radical (unpaired) electrons. The van der Waals surface area contributed by atoms with Crippen LogP contribution in [0.2, 0.25) is 0 Å². The van der Waals surface area contributed by atoms with Gasteiger partial charge in [-0.25, -0.2) is 0 Å². The van der Waals surface area contributed by atoms with Gasteiger partial charge in [-0.15, -0.1) is 0 Å². The van der Waals surface area contributed by atoms with Crippen molar-refractivity contribution in [3.8, 4) is 0 Å². The van der Waals surface area contributed by atoms with Crippen molar-refractivity contribution in [2.45, 2.75) is 316 Å². The van der Waals surface area contributed by atoms with Crippen molar-refractivity contribution in [1.82, 2.24) is 0 Å². The van der Waals surface area contributed by atoms with Gasteiger partial charge >= 0.3 is 17.9 Å². The van der Waals surface area contributed by atoms with Crippen LogP contribution in [0.1, 0.15) is 310 Å². The maximum atomic E-state index is 12.9. The highest BCUT2D eigenvalue weighted by atomic mass is 16.6. The molecule has 72 heavy (non-hydrogen) atoms. The van der Waals surface area contributed by atoms with Gasteiger partial charge in [-0.1, -0.05) is 261 Å². The van der Waals surface area contributed by atoms with E-state index < -0.39 is 6.10 Å². The molecule has 416 valence electrons. The quantitative estimate of drug-likeness (QED) is 0.0261. The molecule has 0 spiro atoms. The highest BCUT2D eigenvalue weighted by Gasteiger charge is 2.19.